The molecule has 0 aliphatic heterocycles. The predicted molar refractivity (Wildman–Crippen MR) is 85.2 cm³/mol. The van der Waals surface area contributed by atoms with Crippen molar-refractivity contribution < 1.29 is 9.21 Å². The van der Waals surface area contributed by atoms with Gasteiger partial charge in [0.15, 0.2) is 0 Å². The standard InChI is InChI=1S/C16H17N3O2S/c1-11-9-12(2)19(18-11)13(14-5-3-7-21-14)10-17-16(20)15-6-4-8-22-15/h3-9,13H,10H2,1-2H3,(H,17,20). The second kappa shape index (κ2) is 6.19. The quantitative estimate of drug-likeness (QED) is 0.786. The van der Waals surface area contributed by atoms with Gasteiger partial charge in [-0.3, -0.25) is 9.48 Å². The molecule has 1 N–H and O–H groups in total. The molecule has 22 heavy (non-hydrogen) atoms. The van der Waals surface area contributed by atoms with Crippen molar-refractivity contribution in [2.45, 2.75) is 19.9 Å². The molecule has 0 saturated heterocycles. The van der Waals surface area contributed by atoms with Crippen LogP contribution in [0.15, 0.2) is 46.4 Å². The third-order valence-electron chi connectivity index (χ3n) is 3.41. The number of amides is 1. The van der Waals surface area contributed by atoms with Crippen molar-refractivity contribution in [3.63, 3.8) is 0 Å². The molecule has 0 spiro atoms. The van der Waals surface area contributed by atoms with Crippen molar-refractivity contribution in [1.29, 1.82) is 0 Å². The molecule has 1 unspecified atom stereocenters. The van der Waals surface area contributed by atoms with Gasteiger partial charge in [-0.05, 0) is 43.5 Å². The maximum atomic E-state index is 12.1. The summed E-state index contributed by atoms with van der Waals surface area (Å²) in [6.07, 6.45) is 1.63. The third-order valence-corrected chi connectivity index (χ3v) is 4.28. The number of nitrogens with zero attached hydrogens (tertiary/aromatic N) is 2. The maximum Gasteiger partial charge on any atom is 0.261 e. The van der Waals surface area contributed by atoms with E-state index in [1.54, 1.807) is 6.26 Å². The molecule has 6 heteroatoms. The zero-order chi connectivity index (χ0) is 15.5. The normalized spacial score (nSPS) is 12.3. The lowest BCUT2D eigenvalue weighted by Crippen LogP contribution is -2.31. The summed E-state index contributed by atoms with van der Waals surface area (Å²) in [5, 5.41) is 9.36. The largest absolute Gasteiger partial charge is 0.467 e. The molecule has 3 aromatic heterocycles. The van der Waals surface area contributed by atoms with Crippen LogP contribution in [-0.2, 0) is 0 Å². The third kappa shape index (κ3) is 2.96. The Hall–Kier alpha value is -2.34. The first kappa shape index (κ1) is 14.6. The fourth-order valence-corrected chi connectivity index (χ4v) is 3.07. The highest BCUT2D eigenvalue weighted by Gasteiger charge is 2.21. The van der Waals surface area contributed by atoms with Gasteiger partial charge >= 0.3 is 0 Å². The van der Waals surface area contributed by atoms with Gasteiger partial charge in [-0.25, -0.2) is 0 Å². The van der Waals surface area contributed by atoms with Crippen LogP contribution in [0, 0.1) is 13.8 Å². The molecular weight excluding hydrogens is 298 g/mol. The van der Waals surface area contributed by atoms with E-state index in [0.717, 1.165) is 17.1 Å². The fraction of sp³-hybridized carbons (Fsp3) is 0.250. The first-order chi connectivity index (χ1) is 10.6. The highest BCUT2D eigenvalue weighted by molar-refractivity contribution is 7.12. The van der Waals surface area contributed by atoms with Gasteiger partial charge in [0, 0.05) is 12.2 Å². The van der Waals surface area contributed by atoms with Crippen molar-refractivity contribution >= 4 is 17.2 Å². The van der Waals surface area contributed by atoms with E-state index in [9.17, 15) is 4.79 Å². The monoisotopic (exact) mass is 315 g/mol. The highest BCUT2D eigenvalue weighted by Crippen LogP contribution is 2.20. The van der Waals surface area contributed by atoms with Crippen LogP contribution in [0.1, 0.15) is 32.9 Å². The van der Waals surface area contributed by atoms with Crippen molar-refractivity contribution in [3.05, 3.63) is 64.0 Å². The van der Waals surface area contributed by atoms with Crippen molar-refractivity contribution in [3.8, 4) is 0 Å². The summed E-state index contributed by atoms with van der Waals surface area (Å²) in [7, 11) is 0. The van der Waals surface area contributed by atoms with Gasteiger partial charge in [0.25, 0.3) is 5.91 Å². The van der Waals surface area contributed by atoms with Crippen molar-refractivity contribution in [2.75, 3.05) is 6.54 Å². The van der Waals surface area contributed by atoms with Crippen LogP contribution < -0.4 is 5.32 Å². The van der Waals surface area contributed by atoms with Crippen molar-refractivity contribution in [1.82, 2.24) is 15.1 Å². The van der Waals surface area contributed by atoms with E-state index in [0.29, 0.717) is 11.4 Å². The van der Waals surface area contributed by atoms with Gasteiger partial charge in [-0.1, -0.05) is 6.07 Å². The molecule has 114 valence electrons. The first-order valence-corrected chi connectivity index (χ1v) is 7.91. The Bertz CT molecular complexity index is 745. The number of aromatic nitrogens is 2. The Labute approximate surface area is 132 Å². The van der Waals surface area contributed by atoms with Crippen LogP contribution >= 0.6 is 11.3 Å². The molecule has 3 heterocycles. The average molecular weight is 315 g/mol. The summed E-state index contributed by atoms with van der Waals surface area (Å²) in [5.41, 5.74) is 1.97. The summed E-state index contributed by atoms with van der Waals surface area (Å²) in [6, 6.07) is 9.27. The zero-order valence-corrected chi connectivity index (χ0v) is 13.3. The lowest BCUT2D eigenvalue weighted by atomic mass is 10.2. The predicted octanol–water partition coefficient (Wildman–Crippen LogP) is 3.17. The topological polar surface area (TPSA) is 60.1 Å². The number of nitrogens with one attached hydrogen (secondary N) is 1. The minimum absolute atomic E-state index is 0.0758. The summed E-state index contributed by atoms with van der Waals surface area (Å²) in [6.45, 7) is 4.37. The molecular formula is C16H17N3O2S. The molecule has 0 saturated carbocycles. The van der Waals surface area contributed by atoms with E-state index in [-0.39, 0.29) is 11.9 Å². The number of carbonyl (C=O) groups excluding carboxylic acids is 1. The van der Waals surface area contributed by atoms with Crippen molar-refractivity contribution in [2.24, 2.45) is 0 Å². The number of rotatable bonds is 5. The van der Waals surface area contributed by atoms with Crippen LogP contribution in [0.4, 0.5) is 0 Å². The second-order valence-electron chi connectivity index (χ2n) is 5.09. The van der Waals surface area contributed by atoms with Crippen LogP contribution in [0.3, 0.4) is 0 Å². The van der Waals surface area contributed by atoms with E-state index < -0.39 is 0 Å². The smallest absolute Gasteiger partial charge is 0.261 e. The molecule has 1 amide bonds. The minimum atomic E-state index is -0.160. The molecule has 5 nitrogen and oxygen atoms in total. The number of thiophene rings is 1. The summed E-state index contributed by atoms with van der Waals surface area (Å²) in [5.74, 6) is 0.700. The number of carbonyl (C=O) groups is 1. The Morgan fingerprint density at radius 3 is 2.86 bits per heavy atom. The SMILES string of the molecule is Cc1cc(C)n(C(CNC(=O)c2cccs2)c2ccco2)n1. The van der Waals surface area contributed by atoms with Crippen LogP contribution in [0.25, 0.3) is 0 Å². The lowest BCUT2D eigenvalue weighted by Gasteiger charge is -2.17. The molecule has 0 aliphatic carbocycles. The lowest BCUT2D eigenvalue weighted by molar-refractivity contribution is 0.0952. The van der Waals surface area contributed by atoms with Gasteiger partial charge < -0.3 is 9.73 Å². The molecule has 0 radical (unpaired) electrons. The van der Waals surface area contributed by atoms with E-state index in [1.165, 1.54) is 11.3 Å². The number of hydrogen-bond acceptors (Lipinski definition) is 4. The Kier molecular flexibility index (Phi) is 4.11. The van der Waals surface area contributed by atoms with E-state index in [2.05, 4.69) is 10.4 Å². The first-order valence-electron chi connectivity index (χ1n) is 7.03. The van der Waals surface area contributed by atoms with Gasteiger partial charge in [0.1, 0.15) is 11.8 Å². The van der Waals surface area contributed by atoms with Crippen LogP contribution in [0.5, 0.6) is 0 Å². The van der Waals surface area contributed by atoms with E-state index in [4.69, 9.17) is 4.42 Å². The Balaban J connectivity index is 1.81. The van der Waals surface area contributed by atoms with Crippen LogP contribution in [-0.4, -0.2) is 22.2 Å². The van der Waals surface area contributed by atoms with Gasteiger partial charge in [-0.2, -0.15) is 5.10 Å². The minimum Gasteiger partial charge on any atom is -0.467 e. The second-order valence-corrected chi connectivity index (χ2v) is 6.04. The molecule has 3 aromatic rings. The molecule has 3 rings (SSSR count). The summed E-state index contributed by atoms with van der Waals surface area (Å²) >= 11 is 1.43. The molecule has 0 aromatic carbocycles. The Morgan fingerprint density at radius 2 is 2.27 bits per heavy atom. The number of hydrogen-bond donors (Lipinski definition) is 1. The van der Waals surface area contributed by atoms with Gasteiger partial charge in [-0.15, -0.1) is 11.3 Å². The summed E-state index contributed by atoms with van der Waals surface area (Å²) in [4.78, 5) is 12.8. The van der Waals surface area contributed by atoms with Crippen LogP contribution in [0.2, 0.25) is 0 Å². The van der Waals surface area contributed by atoms with E-state index >= 15 is 0 Å². The average Bonchev–Trinajstić information content (AvgIpc) is 3.22. The maximum absolute atomic E-state index is 12.1. The Morgan fingerprint density at radius 1 is 1.41 bits per heavy atom. The molecule has 1 atom stereocenters. The molecule has 0 aliphatic rings. The molecule has 0 bridgehead atoms. The number of aryl methyl sites for hydroxylation is 2. The van der Waals surface area contributed by atoms with Gasteiger partial charge in [0.2, 0.25) is 0 Å². The van der Waals surface area contributed by atoms with E-state index in [1.807, 2.05) is 54.2 Å². The summed E-state index contributed by atoms with van der Waals surface area (Å²) < 4.78 is 7.42. The van der Waals surface area contributed by atoms with Gasteiger partial charge in [0.05, 0.1) is 16.8 Å². The zero-order valence-electron chi connectivity index (χ0n) is 12.4. The highest BCUT2D eigenvalue weighted by atomic mass is 32.1. The number of furan rings is 1. The fourth-order valence-electron chi connectivity index (χ4n) is 2.43. The molecule has 0 fully saturated rings.